The van der Waals surface area contributed by atoms with E-state index in [2.05, 4.69) is 65.7 Å². The Morgan fingerprint density at radius 1 is 1.21 bits per heavy atom. The second-order valence-electron chi connectivity index (χ2n) is 4.84. The first kappa shape index (κ1) is 11.8. The Labute approximate surface area is 113 Å². The second kappa shape index (κ2) is 5.19. The summed E-state index contributed by atoms with van der Waals surface area (Å²) in [5, 5.41) is 7.94. The van der Waals surface area contributed by atoms with Crippen LogP contribution in [0.1, 0.15) is 12.5 Å². The molecular weight excluding hydrogens is 232 g/mol. The molecule has 94 valence electrons. The first-order chi connectivity index (χ1) is 9.34. The topological polar surface area (TPSA) is 24.7 Å². The maximum absolute atomic E-state index is 4.00. The number of hydrogen-bond acceptors (Lipinski definition) is 2. The third-order valence-electron chi connectivity index (χ3n) is 3.45. The van der Waals surface area contributed by atoms with E-state index in [1.165, 1.54) is 22.3 Å². The second-order valence-corrected chi connectivity index (χ2v) is 4.84. The molecule has 19 heavy (non-hydrogen) atoms. The average molecular weight is 248 g/mol. The van der Waals surface area contributed by atoms with Crippen molar-refractivity contribution in [1.82, 2.24) is 0 Å². The maximum Gasteiger partial charge on any atom is 0.0869 e. The number of hydrogen-bond donors (Lipinski definition) is 0. The molecule has 0 amide bonds. The van der Waals surface area contributed by atoms with Gasteiger partial charge in [0.1, 0.15) is 0 Å². The van der Waals surface area contributed by atoms with Crippen molar-refractivity contribution in [3.05, 3.63) is 77.5 Å². The highest BCUT2D eigenvalue weighted by atomic mass is 15.1. The van der Waals surface area contributed by atoms with Crippen LogP contribution in [0.5, 0.6) is 0 Å². The summed E-state index contributed by atoms with van der Waals surface area (Å²) in [6.07, 6.45) is 10.6. The molecule has 0 fully saturated rings. The molecule has 0 aromatic heterocycles. The number of rotatable bonds is 2. The molecule has 2 heteroatoms. The number of benzene rings is 1. The van der Waals surface area contributed by atoms with Gasteiger partial charge in [0.05, 0.1) is 12.7 Å². The van der Waals surface area contributed by atoms with Gasteiger partial charge in [-0.3, -0.25) is 0 Å². The summed E-state index contributed by atoms with van der Waals surface area (Å²) < 4.78 is 0. The lowest BCUT2D eigenvalue weighted by molar-refractivity contribution is 0.887. The van der Waals surface area contributed by atoms with E-state index in [-0.39, 0.29) is 0 Å². The number of azo groups is 1. The summed E-state index contributed by atoms with van der Waals surface area (Å²) in [7, 11) is 0. The molecule has 0 N–H and O–H groups in total. The largest absolute Gasteiger partial charge is 0.184 e. The molecule has 3 rings (SSSR count). The van der Waals surface area contributed by atoms with Crippen LogP contribution in [0.4, 0.5) is 0 Å². The molecule has 0 saturated heterocycles. The molecule has 1 unspecified atom stereocenters. The van der Waals surface area contributed by atoms with E-state index in [9.17, 15) is 0 Å². The lowest BCUT2D eigenvalue weighted by Crippen LogP contribution is -2.03. The molecule has 1 aromatic rings. The van der Waals surface area contributed by atoms with Crippen LogP contribution in [0.2, 0.25) is 0 Å². The summed E-state index contributed by atoms with van der Waals surface area (Å²) in [4.78, 5) is 0. The molecule has 0 saturated carbocycles. The summed E-state index contributed by atoms with van der Waals surface area (Å²) in [5.41, 5.74) is 5.08. The normalized spacial score (nSPS) is 23.6. The van der Waals surface area contributed by atoms with E-state index in [0.717, 1.165) is 0 Å². The molecule has 1 heterocycles. The monoisotopic (exact) mass is 248 g/mol. The highest BCUT2D eigenvalue weighted by molar-refractivity contribution is 5.82. The van der Waals surface area contributed by atoms with Crippen LogP contribution in [-0.2, 0) is 0 Å². The fraction of sp³-hybridized carbons (Fsp3) is 0.176. The van der Waals surface area contributed by atoms with E-state index in [1.807, 2.05) is 12.3 Å². The molecule has 2 aliphatic rings. The highest BCUT2D eigenvalue weighted by Crippen LogP contribution is 2.33. The van der Waals surface area contributed by atoms with Crippen LogP contribution in [0.3, 0.4) is 0 Å². The average Bonchev–Trinajstić information content (AvgIpc) is 2.95. The molecule has 1 atom stereocenters. The minimum atomic E-state index is 0.418. The Balaban J connectivity index is 2.00. The maximum atomic E-state index is 4.00. The van der Waals surface area contributed by atoms with Crippen LogP contribution in [0.25, 0.3) is 5.57 Å². The van der Waals surface area contributed by atoms with Crippen molar-refractivity contribution in [2.24, 2.45) is 16.1 Å². The molecule has 1 aliphatic heterocycles. The minimum Gasteiger partial charge on any atom is -0.184 e. The van der Waals surface area contributed by atoms with Crippen molar-refractivity contribution >= 4 is 5.57 Å². The fourth-order valence-electron chi connectivity index (χ4n) is 2.41. The van der Waals surface area contributed by atoms with Gasteiger partial charge in [-0.1, -0.05) is 61.6 Å². The van der Waals surface area contributed by atoms with Crippen molar-refractivity contribution in [3.8, 4) is 0 Å². The molecule has 1 aromatic carbocycles. The van der Waals surface area contributed by atoms with E-state index in [1.54, 1.807) is 0 Å². The van der Waals surface area contributed by atoms with Crippen molar-refractivity contribution < 1.29 is 0 Å². The minimum absolute atomic E-state index is 0.418. The molecule has 2 nitrogen and oxygen atoms in total. The van der Waals surface area contributed by atoms with Crippen LogP contribution < -0.4 is 0 Å². The van der Waals surface area contributed by atoms with Crippen LogP contribution in [0.15, 0.2) is 82.2 Å². The predicted molar refractivity (Wildman–Crippen MR) is 78.6 cm³/mol. The summed E-state index contributed by atoms with van der Waals surface area (Å²) >= 11 is 0. The lowest BCUT2D eigenvalue weighted by atomic mass is 9.84. The predicted octanol–water partition coefficient (Wildman–Crippen LogP) is 4.55. The Morgan fingerprint density at radius 3 is 2.79 bits per heavy atom. The van der Waals surface area contributed by atoms with Crippen molar-refractivity contribution in [3.63, 3.8) is 0 Å². The van der Waals surface area contributed by atoms with Crippen molar-refractivity contribution in [2.45, 2.75) is 6.92 Å². The summed E-state index contributed by atoms with van der Waals surface area (Å²) in [5.74, 6) is 0.418. The Morgan fingerprint density at radius 2 is 2.05 bits per heavy atom. The zero-order valence-electron chi connectivity index (χ0n) is 11.0. The van der Waals surface area contributed by atoms with Gasteiger partial charge in [-0.2, -0.15) is 10.2 Å². The summed E-state index contributed by atoms with van der Waals surface area (Å²) in [6.45, 7) is 2.92. The Kier molecular flexibility index (Phi) is 3.23. The van der Waals surface area contributed by atoms with Gasteiger partial charge < -0.3 is 0 Å². The first-order valence-corrected chi connectivity index (χ1v) is 6.56. The van der Waals surface area contributed by atoms with Gasteiger partial charge in [-0.15, -0.1) is 0 Å². The zero-order valence-corrected chi connectivity index (χ0v) is 11.0. The van der Waals surface area contributed by atoms with Gasteiger partial charge >= 0.3 is 0 Å². The lowest BCUT2D eigenvalue weighted by Gasteiger charge is -2.20. The van der Waals surface area contributed by atoms with Crippen LogP contribution >= 0.6 is 0 Å². The molecular formula is C17H16N2. The fourth-order valence-corrected chi connectivity index (χ4v) is 2.41. The van der Waals surface area contributed by atoms with Gasteiger partial charge in [0.25, 0.3) is 0 Å². The smallest absolute Gasteiger partial charge is 0.0869 e. The van der Waals surface area contributed by atoms with Gasteiger partial charge in [0.2, 0.25) is 0 Å². The molecule has 0 bridgehead atoms. The number of nitrogens with zero attached hydrogens (tertiary/aromatic N) is 2. The van der Waals surface area contributed by atoms with E-state index in [4.69, 9.17) is 0 Å². The van der Waals surface area contributed by atoms with Crippen LogP contribution in [0, 0.1) is 5.92 Å². The van der Waals surface area contributed by atoms with Gasteiger partial charge in [-0.25, -0.2) is 0 Å². The van der Waals surface area contributed by atoms with Crippen LogP contribution in [-0.4, -0.2) is 6.54 Å². The van der Waals surface area contributed by atoms with Gasteiger partial charge in [0.15, 0.2) is 0 Å². The molecule has 0 spiro atoms. The third-order valence-corrected chi connectivity index (χ3v) is 3.45. The van der Waals surface area contributed by atoms with E-state index >= 15 is 0 Å². The summed E-state index contributed by atoms with van der Waals surface area (Å²) in [6, 6.07) is 10.5. The Hall–Kier alpha value is -2.22. The zero-order chi connectivity index (χ0) is 13.1. The van der Waals surface area contributed by atoms with Gasteiger partial charge in [-0.05, 0) is 28.2 Å². The van der Waals surface area contributed by atoms with E-state index in [0.29, 0.717) is 12.5 Å². The standard InChI is InChI=1S/C17H16N2/c1-13-6-5-9-16(15-7-3-2-4-8-15)17(13)10-14-11-18-19-12-14/h2-11,13H,12H2,1H3/b17-10+. The molecule has 1 aliphatic carbocycles. The van der Waals surface area contributed by atoms with Crippen molar-refractivity contribution in [2.75, 3.05) is 6.54 Å². The first-order valence-electron chi connectivity index (χ1n) is 6.56. The number of allylic oxidation sites excluding steroid dienone is 5. The Bertz CT molecular complexity index is 616. The van der Waals surface area contributed by atoms with Gasteiger partial charge in [0, 0.05) is 0 Å². The quantitative estimate of drug-likeness (QED) is 0.733. The SMILES string of the molecule is CC1C=CC=C(c2ccccc2)/C1=C/C1=CN=NC1. The third kappa shape index (κ3) is 2.48. The van der Waals surface area contributed by atoms with Crippen molar-refractivity contribution in [1.29, 1.82) is 0 Å². The highest BCUT2D eigenvalue weighted by Gasteiger charge is 2.16. The van der Waals surface area contributed by atoms with E-state index < -0.39 is 0 Å². The molecule has 0 radical (unpaired) electrons.